The topological polar surface area (TPSA) is 271 Å². The van der Waals surface area contributed by atoms with Crippen LogP contribution < -0.4 is 28.3 Å². The average molecular weight is 538 g/mol. The Hall–Kier alpha value is -1.05. The maximum atomic E-state index is 12.4. The molecule has 0 aromatic heterocycles. The van der Waals surface area contributed by atoms with Crippen LogP contribution in [-0.2, 0) is 23.7 Å². The molecule has 0 radical (unpaired) electrons. The van der Waals surface area contributed by atoms with E-state index in [4.69, 9.17) is 41.9 Å². The second kappa shape index (κ2) is 13.3. The van der Waals surface area contributed by atoms with Crippen molar-refractivity contribution >= 4 is 5.91 Å². The van der Waals surface area contributed by atoms with Gasteiger partial charge in [0.05, 0.1) is 24.8 Å². The van der Waals surface area contributed by atoms with Gasteiger partial charge in [-0.15, -0.1) is 0 Å². The standard InChI is InChI=1S/C22H43N5O10/c1-8(24)13-3-2-9(25)21(34-13)36-18-10(26)6-11(27-20(33)12(29)4-5-23)15(30)19(18)37-22-17(32)16(31)14(7-28)35-22/h8-19,21-22,28-32H,2-7,23-26H2,1H3,(H,27,33)/t8?,9?,10?,11?,12-,13?,14?,15?,16?,17?,18?,19?,21?,22?/m0/s1. The van der Waals surface area contributed by atoms with Gasteiger partial charge in [-0.1, -0.05) is 0 Å². The van der Waals surface area contributed by atoms with Crippen LogP contribution >= 0.6 is 0 Å². The summed E-state index contributed by atoms with van der Waals surface area (Å²) in [7, 11) is 0. The molecular weight excluding hydrogens is 494 g/mol. The first-order valence-corrected chi connectivity index (χ1v) is 12.7. The van der Waals surface area contributed by atoms with E-state index in [1.165, 1.54) is 0 Å². The number of nitrogens with two attached hydrogens (primary N) is 4. The Bertz CT molecular complexity index is 738. The third-order valence-corrected chi connectivity index (χ3v) is 7.20. The lowest BCUT2D eigenvalue weighted by Gasteiger charge is -2.47. The molecule has 2 heterocycles. The van der Waals surface area contributed by atoms with Gasteiger partial charge < -0.3 is 72.7 Å². The van der Waals surface area contributed by atoms with E-state index in [1.54, 1.807) is 6.92 Å². The third kappa shape index (κ3) is 7.13. The number of aliphatic hydroxyl groups is 5. The summed E-state index contributed by atoms with van der Waals surface area (Å²) in [6.07, 6.45) is -10.7. The minimum atomic E-state index is -1.54. The highest BCUT2D eigenvalue weighted by Crippen LogP contribution is 2.32. The monoisotopic (exact) mass is 537 g/mol. The van der Waals surface area contributed by atoms with E-state index in [0.29, 0.717) is 12.8 Å². The Morgan fingerprint density at radius 1 is 1.03 bits per heavy atom. The lowest BCUT2D eigenvalue weighted by atomic mass is 9.83. The fraction of sp³-hybridized carbons (Fsp3) is 0.955. The molecule has 15 heteroatoms. The maximum absolute atomic E-state index is 12.4. The number of hydrogen-bond donors (Lipinski definition) is 10. The number of amides is 1. The molecule has 2 aliphatic heterocycles. The predicted molar refractivity (Wildman–Crippen MR) is 127 cm³/mol. The number of carbonyl (C=O) groups is 1. The minimum absolute atomic E-state index is 0.0204. The molecule has 1 aliphatic carbocycles. The smallest absolute Gasteiger partial charge is 0.249 e. The van der Waals surface area contributed by atoms with Gasteiger partial charge in [0, 0.05) is 12.1 Å². The van der Waals surface area contributed by atoms with Gasteiger partial charge in [0.2, 0.25) is 5.91 Å². The zero-order valence-electron chi connectivity index (χ0n) is 20.9. The van der Waals surface area contributed by atoms with E-state index in [2.05, 4.69) is 5.32 Å². The van der Waals surface area contributed by atoms with Crippen molar-refractivity contribution < 1.29 is 49.3 Å². The molecule has 0 bridgehead atoms. The summed E-state index contributed by atoms with van der Waals surface area (Å²) in [6, 6.07) is -2.59. The predicted octanol–water partition coefficient (Wildman–Crippen LogP) is -5.34. The van der Waals surface area contributed by atoms with Crippen molar-refractivity contribution in [2.24, 2.45) is 22.9 Å². The summed E-state index contributed by atoms with van der Waals surface area (Å²) in [4.78, 5) is 12.4. The lowest BCUT2D eigenvalue weighted by Crippen LogP contribution is -2.67. The normalized spacial score (nSPS) is 44.4. The number of ether oxygens (including phenoxy) is 4. The summed E-state index contributed by atoms with van der Waals surface area (Å²) in [5.74, 6) is -0.745. The minimum Gasteiger partial charge on any atom is -0.394 e. The Morgan fingerprint density at radius 2 is 1.70 bits per heavy atom. The molecular formula is C22H43N5O10. The van der Waals surface area contributed by atoms with Crippen LogP contribution in [0.25, 0.3) is 0 Å². The van der Waals surface area contributed by atoms with Gasteiger partial charge in [0.15, 0.2) is 12.6 Å². The molecule has 15 nitrogen and oxygen atoms in total. The molecule has 2 saturated heterocycles. The van der Waals surface area contributed by atoms with Gasteiger partial charge in [0.1, 0.15) is 42.7 Å². The Morgan fingerprint density at radius 3 is 2.30 bits per heavy atom. The van der Waals surface area contributed by atoms with Crippen LogP contribution in [0.1, 0.15) is 32.6 Å². The van der Waals surface area contributed by atoms with E-state index in [9.17, 15) is 30.3 Å². The molecule has 216 valence electrons. The molecule has 14 N–H and O–H groups in total. The zero-order valence-corrected chi connectivity index (χ0v) is 20.9. The molecule has 3 fully saturated rings. The van der Waals surface area contributed by atoms with Crippen LogP contribution in [0.4, 0.5) is 0 Å². The van der Waals surface area contributed by atoms with Crippen LogP contribution in [0.5, 0.6) is 0 Å². The molecule has 13 unspecified atom stereocenters. The first-order valence-electron chi connectivity index (χ1n) is 12.7. The molecule has 0 aromatic carbocycles. The average Bonchev–Trinajstić information content (AvgIpc) is 3.13. The van der Waals surface area contributed by atoms with Crippen molar-refractivity contribution in [1.29, 1.82) is 0 Å². The van der Waals surface area contributed by atoms with Crippen molar-refractivity contribution in [3.63, 3.8) is 0 Å². The van der Waals surface area contributed by atoms with E-state index < -0.39 is 85.9 Å². The Labute approximate surface area is 215 Å². The number of rotatable bonds is 10. The van der Waals surface area contributed by atoms with Crippen molar-refractivity contribution in [1.82, 2.24) is 5.32 Å². The highest BCUT2D eigenvalue weighted by atomic mass is 16.7. The van der Waals surface area contributed by atoms with Crippen molar-refractivity contribution in [3.8, 4) is 0 Å². The van der Waals surface area contributed by atoms with Crippen LogP contribution in [0.3, 0.4) is 0 Å². The molecule has 1 amide bonds. The molecule has 0 aromatic rings. The van der Waals surface area contributed by atoms with Gasteiger partial charge in [-0.25, -0.2) is 0 Å². The second-order valence-electron chi connectivity index (χ2n) is 10.1. The number of carbonyl (C=O) groups excluding carboxylic acids is 1. The molecule has 3 aliphatic rings. The van der Waals surface area contributed by atoms with Gasteiger partial charge >= 0.3 is 0 Å². The fourth-order valence-electron chi connectivity index (χ4n) is 4.92. The van der Waals surface area contributed by atoms with Crippen LogP contribution in [0.15, 0.2) is 0 Å². The van der Waals surface area contributed by atoms with Crippen molar-refractivity contribution in [3.05, 3.63) is 0 Å². The van der Waals surface area contributed by atoms with Crippen molar-refractivity contribution in [2.45, 2.75) is 118 Å². The van der Waals surface area contributed by atoms with Gasteiger partial charge in [-0.3, -0.25) is 4.79 Å². The van der Waals surface area contributed by atoms with E-state index in [0.717, 1.165) is 0 Å². The van der Waals surface area contributed by atoms with Crippen LogP contribution in [0.2, 0.25) is 0 Å². The molecule has 14 atom stereocenters. The summed E-state index contributed by atoms with van der Waals surface area (Å²) in [6.45, 7) is 1.30. The quantitative estimate of drug-likeness (QED) is 0.125. The third-order valence-electron chi connectivity index (χ3n) is 7.20. The largest absolute Gasteiger partial charge is 0.394 e. The first kappa shape index (κ1) is 30.5. The number of aliphatic hydroxyl groups excluding tert-OH is 5. The SMILES string of the molecule is CC(N)C1CCC(N)C(OC2C(N)CC(NC(=O)[C@@H](O)CCN)C(O)C2OC2OC(CO)C(O)C2O)O1. The molecule has 0 spiro atoms. The summed E-state index contributed by atoms with van der Waals surface area (Å²) in [5, 5.41) is 53.7. The number of nitrogens with one attached hydrogen (secondary N) is 1. The molecule has 3 rings (SSSR count). The molecule has 1 saturated carbocycles. The summed E-state index contributed by atoms with van der Waals surface area (Å²) < 4.78 is 23.4. The van der Waals surface area contributed by atoms with E-state index in [1.807, 2.05) is 0 Å². The van der Waals surface area contributed by atoms with E-state index >= 15 is 0 Å². The van der Waals surface area contributed by atoms with Gasteiger partial charge in [-0.2, -0.15) is 0 Å². The van der Waals surface area contributed by atoms with E-state index in [-0.39, 0.29) is 31.5 Å². The van der Waals surface area contributed by atoms with Gasteiger partial charge in [0.25, 0.3) is 0 Å². The zero-order chi connectivity index (χ0) is 27.4. The second-order valence-corrected chi connectivity index (χ2v) is 10.1. The highest BCUT2D eigenvalue weighted by Gasteiger charge is 2.51. The molecule has 37 heavy (non-hydrogen) atoms. The highest BCUT2D eigenvalue weighted by molar-refractivity contribution is 5.80. The number of hydrogen-bond acceptors (Lipinski definition) is 14. The summed E-state index contributed by atoms with van der Waals surface area (Å²) in [5.41, 5.74) is 24.0. The first-order chi connectivity index (χ1) is 17.5. The summed E-state index contributed by atoms with van der Waals surface area (Å²) >= 11 is 0. The Balaban J connectivity index is 1.81. The van der Waals surface area contributed by atoms with Gasteiger partial charge in [-0.05, 0) is 39.2 Å². The van der Waals surface area contributed by atoms with Crippen molar-refractivity contribution in [2.75, 3.05) is 13.2 Å². The van der Waals surface area contributed by atoms with Crippen LogP contribution in [-0.4, -0.2) is 130 Å². The lowest BCUT2D eigenvalue weighted by molar-refractivity contribution is -0.289. The van der Waals surface area contributed by atoms with Crippen LogP contribution in [0, 0.1) is 0 Å². The Kier molecular flexibility index (Phi) is 11.0. The maximum Gasteiger partial charge on any atom is 0.249 e. The fourth-order valence-corrected chi connectivity index (χ4v) is 4.92.